The molecule has 0 aliphatic rings. The number of likely N-dealkylation sites (N-methyl/N-ethyl adjacent to an activating group) is 1. The molecule has 7 heteroatoms. The lowest BCUT2D eigenvalue weighted by Crippen LogP contribution is -2.39. The van der Waals surface area contributed by atoms with E-state index in [1.165, 1.54) is 11.3 Å². The lowest BCUT2D eigenvalue weighted by atomic mass is 10.1. The molecule has 0 saturated carbocycles. The quantitative estimate of drug-likeness (QED) is 0.397. The van der Waals surface area contributed by atoms with Gasteiger partial charge in [-0.15, -0.1) is 0 Å². The molecule has 3 rings (SSSR count). The van der Waals surface area contributed by atoms with Crippen LogP contribution in [0.2, 0.25) is 5.02 Å². The number of aromatic nitrogens is 1. The molecule has 3 aromatic rings. The minimum Gasteiger partial charge on any atom is -0.494 e. The minimum atomic E-state index is 0.0316. The third kappa shape index (κ3) is 5.76. The van der Waals surface area contributed by atoms with Crippen LogP contribution in [0.15, 0.2) is 36.4 Å². The second-order valence-corrected chi connectivity index (χ2v) is 8.75. The third-order valence-corrected chi connectivity index (χ3v) is 6.88. The number of ether oxygens (including phenoxy) is 1. The van der Waals surface area contributed by atoms with Crippen LogP contribution in [-0.4, -0.2) is 48.6 Å². The third-order valence-electron chi connectivity index (χ3n) is 5.34. The summed E-state index contributed by atoms with van der Waals surface area (Å²) >= 11 is 7.90. The zero-order valence-electron chi connectivity index (χ0n) is 18.7. The molecule has 0 fully saturated rings. The summed E-state index contributed by atoms with van der Waals surface area (Å²) < 4.78 is 6.44. The van der Waals surface area contributed by atoms with Gasteiger partial charge in [0.15, 0.2) is 5.13 Å². The molecule has 0 radical (unpaired) electrons. The van der Waals surface area contributed by atoms with E-state index in [9.17, 15) is 4.79 Å². The number of thiazole rings is 1. The highest BCUT2D eigenvalue weighted by Gasteiger charge is 2.22. The van der Waals surface area contributed by atoms with Gasteiger partial charge >= 0.3 is 0 Å². The molecular weight excluding hydrogens is 430 g/mol. The number of benzene rings is 2. The fourth-order valence-corrected chi connectivity index (χ4v) is 4.81. The number of carbonyl (C=O) groups is 1. The molecule has 0 N–H and O–H groups in total. The van der Waals surface area contributed by atoms with Crippen LogP contribution in [0.4, 0.5) is 5.13 Å². The van der Waals surface area contributed by atoms with Crippen LogP contribution in [0.25, 0.3) is 10.2 Å². The molecule has 1 aromatic heterocycles. The minimum absolute atomic E-state index is 0.0316. The highest BCUT2D eigenvalue weighted by atomic mass is 35.5. The van der Waals surface area contributed by atoms with E-state index in [4.69, 9.17) is 21.3 Å². The first-order chi connectivity index (χ1) is 15.0. The number of anilines is 1. The molecule has 0 saturated heterocycles. The van der Waals surface area contributed by atoms with Crippen molar-refractivity contribution in [2.45, 2.75) is 34.1 Å². The summed E-state index contributed by atoms with van der Waals surface area (Å²) in [7, 11) is 0. The normalized spacial score (nSPS) is 11.3. The van der Waals surface area contributed by atoms with Gasteiger partial charge in [-0.05, 0) is 56.3 Å². The molecule has 0 aliphatic carbocycles. The second kappa shape index (κ2) is 10.9. The average molecular weight is 460 g/mol. The van der Waals surface area contributed by atoms with Crippen molar-refractivity contribution < 1.29 is 9.53 Å². The second-order valence-electron chi connectivity index (χ2n) is 7.36. The molecule has 2 aromatic carbocycles. The Hall–Kier alpha value is -2.15. The van der Waals surface area contributed by atoms with Crippen LogP contribution in [0, 0.1) is 6.92 Å². The number of halogens is 1. The molecule has 0 unspecified atom stereocenters. The predicted molar refractivity (Wildman–Crippen MR) is 131 cm³/mol. The van der Waals surface area contributed by atoms with Crippen molar-refractivity contribution in [3.8, 4) is 5.75 Å². The van der Waals surface area contributed by atoms with Crippen molar-refractivity contribution >= 4 is 44.2 Å². The number of aryl methyl sites for hydroxylation is 1. The first-order valence-electron chi connectivity index (χ1n) is 10.8. The lowest BCUT2D eigenvalue weighted by Gasteiger charge is -2.24. The lowest BCUT2D eigenvalue weighted by molar-refractivity contribution is -0.118. The van der Waals surface area contributed by atoms with E-state index in [0.29, 0.717) is 29.7 Å². The Morgan fingerprint density at radius 3 is 2.39 bits per heavy atom. The molecule has 166 valence electrons. The standard InChI is InChI=1S/C24H30ClN3O2S/c1-5-27(6-2)14-15-28(21(29)16-18-9-11-19(12-10-18)30-7-3)24-26-22-17(4)8-13-20(25)23(22)31-24/h8-13H,5-7,14-16H2,1-4H3. The smallest absolute Gasteiger partial charge is 0.233 e. The summed E-state index contributed by atoms with van der Waals surface area (Å²) in [6.45, 7) is 12.1. The van der Waals surface area contributed by atoms with Gasteiger partial charge in [0, 0.05) is 13.1 Å². The van der Waals surface area contributed by atoms with Crippen molar-refractivity contribution in [1.29, 1.82) is 0 Å². The Labute approximate surface area is 193 Å². The maximum atomic E-state index is 13.4. The average Bonchev–Trinajstić information content (AvgIpc) is 3.22. The number of hydrogen-bond donors (Lipinski definition) is 0. The topological polar surface area (TPSA) is 45.7 Å². The highest BCUT2D eigenvalue weighted by molar-refractivity contribution is 7.23. The number of fused-ring (bicyclic) bond motifs is 1. The van der Waals surface area contributed by atoms with Crippen molar-refractivity contribution in [3.05, 3.63) is 52.5 Å². The summed E-state index contributed by atoms with van der Waals surface area (Å²) in [6, 6.07) is 11.6. The predicted octanol–water partition coefficient (Wildman–Crippen LogP) is 5.57. The number of carbonyl (C=O) groups excluding carboxylic acids is 1. The summed E-state index contributed by atoms with van der Waals surface area (Å²) in [6.07, 6.45) is 0.313. The van der Waals surface area contributed by atoms with E-state index >= 15 is 0 Å². The van der Waals surface area contributed by atoms with Crippen molar-refractivity contribution in [2.75, 3.05) is 37.7 Å². The van der Waals surface area contributed by atoms with Gasteiger partial charge in [-0.25, -0.2) is 4.98 Å². The van der Waals surface area contributed by atoms with Gasteiger partial charge in [0.05, 0.1) is 28.3 Å². The molecule has 0 spiro atoms. The van der Waals surface area contributed by atoms with E-state index < -0.39 is 0 Å². The molecule has 0 atom stereocenters. The van der Waals surface area contributed by atoms with Gasteiger partial charge in [0.25, 0.3) is 0 Å². The molecule has 31 heavy (non-hydrogen) atoms. The van der Waals surface area contributed by atoms with Gasteiger partial charge in [-0.2, -0.15) is 0 Å². The van der Waals surface area contributed by atoms with Gasteiger partial charge in [0.2, 0.25) is 5.91 Å². The Morgan fingerprint density at radius 2 is 1.77 bits per heavy atom. The van der Waals surface area contributed by atoms with E-state index in [1.807, 2.05) is 55.1 Å². The van der Waals surface area contributed by atoms with Crippen LogP contribution < -0.4 is 9.64 Å². The van der Waals surface area contributed by atoms with E-state index in [0.717, 1.165) is 46.7 Å². The van der Waals surface area contributed by atoms with Crippen LogP contribution in [-0.2, 0) is 11.2 Å². The van der Waals surface area contributed by atoms with Crippen molar-refractivity contribution in [1.82, 2.24) is 9.88 Å². The first kappa shape index (κ1) is 23.5. The zero-order valence-corrected chi connectivity index (χ0v) is 20.2. The van der Waals surface area contributed by atoms with Crippen molar-refractivity contribution in [3.63, 3.8) is 0 Å². The van der Waals surface area contributed by atoms with Crippen LogP contribution in [0.1, 0.15) is 31.9 Å². The fraction of sp³-hybridized carbons (Fsp3) is 0.417. The number of nitrogens with zero attached hydrogens (tertiary/aromatic N) is 3. The Kier molecular flexibility index (Phi) is 8.29. The van der Waals surface area contributed by atoms with E-state index in [1.54, 1.807) is 0 Å². The Balaban J connectivity index is 1.87. The molecule has 5 nitrogen and oxygen atoms in total. The molecule has 1 heterocycles. The van der Waals surface area contributed by atoms with Crippen molar-refractivity contribution in [2.24, 2.45) is 0 Å². The number of amides is 1. The Bertz CT molecular complexity index is 977. The monoisotopic (exact) mass is 459 g/mol. The summed E-state index contributed by atoms with van der Waals surface area (Å²) in [5.74, 6) is 0.845. The van der Waals surface area contributed by atoms with Gasteiger partial charge in [-0.3, -0.25) is 9.69 Å². The summed E-state index contributed by atoms with van der Waals surface area (Å²) in [5.41, 5.74) is 2.88. The maximum absolute atomic E-state index is 13.4. The number of rotatable bonds is 10. The fourth-order valence-electron chi connectivity index (χ4n) is 3.45. The Morgan fingerprint density at radius 1 is 1.06 bits per heavy atom. The van der Waals surface area contributed by atoms with E-state index in [-0.39, 0.29) is 5.91 Å². The summed E-state index contributed by atoms with van der Waals surface area (Å²) in [4.78, 5) is 22.3. The van der Waals surface area contributed by atoms with Crippen LogP contribution in [0.3, 0.4) is 0 Å². The van der Waals surface area contributed by atoms with Gasteiger partial charge in [0.1, 0.15) is 5.75 Å². The van der Waals surface area contributed by atoms with Gasteiger partial charge in [-0.1, -0.05) is 55.0 Å². The molecular formula is C24H30ClN3O2S. The molecule has 1 amide bonds. The molecule has 0 aliphatic heterocycles. The SMILES string of the molecule is CCOc1ccc(CC(=O)N(CCN(CC)CC)c2nc3c(C)ccc(Cl)c3s2)cc1. The summed E-state index contributed by atoms with van der Waals surface area (Å²) in [5, 5.41) is 1.38. The van der Waals surface area contributed by atoms with E-state index in [2.05, 4.69) is 18.7 Å². The first-order valence-corrected chi connectivity index (χ1v) is 12.0. The zero-order chi connectivity index (χ0) is 22.4. The number of hydrogen-bond acceptors (Lipinski definition) is 5. The van der Waals surface area contributed by atoms with Crippen LogP contribution >= 0.6 is 22.9 Å². The largest absolute Gasteiger partial charge is 0.494 e. The van der Waals surface area contributed by atoms with Gasteiger partial charge < -0.3 is 9.64 Å². The molecule has 0 bridgehead atoms. The van der Waals surface area contributed by atoms with Crippen LogP contribution in [0.5, 0.6) is 5.75 Å². The maximum Gasteiger partial charge on any atom is 0.233 e. The highest BCUT2D eigenvalue weighted by Crippen LogP contribution is 2.35.